The van der Waals surface area contributed by atoms with Gasteiger partial charge in [-0.2, -0.15) is 0 Å². The molecule has 8 nitrogen and oxygen atoms in total. The van der Waals surface area contributed by atoms with Crippen LogP contribution in [-0.2, 0) is 6.42 Å². The van der Waals surface area contributed by atoms with E-state index in [2.05, 4.69) is 30.2 Å². The number of thiophene rings is 1. The van der Waals surface area contributed by atoms with E-state index in [4.69, 9.17) is 0 Å². The molecule has 0 aromatic carbocycles. The van der Waals surface area contributed by atoms with E-state index < -0.39 is 0 Å². The molecule has 4 heterocycles. The van der Waals surface area contributed by atoms with Gasteiger partial charge in [-0.25, -0.2) is 19.9 Å². The largest absolute Gasteiger partial charge is 0.350 e. The van der Waals surface area contributed by atoms with E-state index in [1.807, 2.05) is 13.8 Å². The number of hydrogen-bond acceptors (Lipinski definition) is 8. The lowest BCUT2D eigenvalue weighted by molar-refractivity contribution is 0.0950. The molecule has 0 atom stereocenters. The highest BCUT2D eigenvalue weighted by atomic mass is 32.1. The zero-order valence-electron chi connectivity index (χ0n) is 15.1. The maximum absolute atomic E-state index is 12.3. The van der Waals surface area contributed by atoms with Crippen molar-refractivity contribution in [3.8, 4) is 10.8 Å². The molecule has 0 bridgehead atoms. The molecule has 0 aliphatic rings. The van der Waals surface area contributed by atoms with E-state index in [0.29, 0.717) is 40.7 Å². The molecule has 28 heavy (non-hydrogen) atoms. The third-order valence-corrected chi connectivity index (χ3v) is 6.17. The van der Waals surface area contributed by atoms with E-state index in [1.54, 1.807) is 23.8 Å². The van der Waals surface area contributed by atoms with Crippen molar-refractivity contribution in [2.75, 3.05) is 6.54 Å². The summed E-state index contributed by atoms with van der Waals surface area (Å²) in [4.78, 5) is 46.3. The molecule has 0 unspecified atom stereocenters. The summed E-state index contributed by atoms with van der Waals surface area (Å²) in [5.74, 6) is 0.753. The van der Waals surface area contributed by atoms with Crippen LogP contribution in [0.15, 0.2) is 28.6 Å². The topological polar surface area (TPSA) is 114 Å². The number of carbonyl (C=O) groups is 1. The zero-order valence-corrected chi connectivity index (χ0v) is 16.8. The van der Waals surface area contributed by atoms with Crippen LogP contribution in [0.4, 0.5) is 0 Å². The van der Waals surface area contributed by atoms with Crippen LogP contribution in [0.25, 0.3) is 21.0 Å². The summed E-state index contributed by atoms with van der Waals surface area (Å²) in [6.45, 7) is 4.24. The van der Waals surface area contributed by atoms with Crippen LogP contribution in [-0.4, -0.2) is 37.4 Å². The summed E-state index contributed by atoms with van der Waals surface area (Å²) in [5.41, 5.74) is 1.14. The second-order valence-electron chi connectivity index (χ2n) is 6.09. The standard InChI is InChI=1S/C18H16N6O2S2/c1-9-10(2)28-17-13(9)16(26)23-12(24-17)4-7-21-15(25)11-8-27-18(22-11)14-19-5-3-6-20-14/h3,5-6,8H,4,7H2,1-2H3,(H,21,25)(H,23,24,26). The van der Waals surface area contributed by atoms with Crippen LogP contribution < -0.4 is 10.9 Å². The molecule has 2 N–H and O–H groups in total. The normalized spacial score (nSPS) is 11.1. The van der Waals surface area contributed by atoms with Gasteiger partial charge < -0.3 is 10.3 Å². The Kier molecular flexibility index (Phi) is 4.97. The highest BCUT2D eigenvalue weighted by Crippen LogP contribution is 2.25. The minimum atomic E-state index is -0.287. The first-order valence-corrected chi connectivity index (χ1v) is 10.2. The number of aromatic nitrogens is 5. The van der Waals surface area contributed by atoms with Gasteiger partial charge in [-0.1, -0.05) is 0 Å². The second-order valence-corrected chi connectivity index (χ2v) is 8.15. The van der Waals surface area contributed by atoms with Crippen molar-refractivity contribution in [3.63, 3.8) is 0 Å². The summed E-state index contributed by atoms with van der Waals surface area (Å²) in [5, 5.41) is 5.71. The minimum Gasteiger partial charge on any atom is -0.350 e. The van der Waals surface area contributed by atoms with Crippen molar-refractivity contribution in [1.29, 1.82) is 0 Å². The number of aryl methyl sites for hydroxylation is 2. The van der Waals surface area contributed by atoms with Gasteiger partial charge in [0.2, 0.25) is 0 Å². The molecule has 142 valence electrons. The van der Waals surface area contributed by atoms with E-state index in [9.17, 15) is 9.59 Å². The number of amides is 1. The molecule has 0 aliphatic carbocycles. The Morgan fingerprint density at radius 2 is 2.00 bits per heavy atom. The summed E-state index contributed by atoms with van der Waals surface area (Å²) in [6.07, 6.45) is 3.68. The zero-order chi connectivity index (χ0) is 19.7. The third kappa shape index (κ3) is 3.56. The highest BCUT2D eigenvalue weighted by Gasteiger charge is 2.14. The number of nitrogens with one attached hydrogen (secondary N) is 2. The molecule has 0 saturated carbocycles. The van der Waals surface area contributed by atoms with Gasteiger partial charge in [0.25, 0.3) is 11.5 Å². The number of carbonyl (C=O) groups excluding carboxylic acids is 1. The number of aromatic amines is 1. The first-order valence-electron chi connectivity index (χ1n) is 8.53. The van der Waals surface area contributed by atoms with E-state index >= 15 is 0 Å². The first kappa shape index (κ1) is 18.4. The van der Waals surface area contributed by atoms with Crippen molar-refractivity contribution in [2.45, 2.75) is 20.3 Å². The van der Waals surface area contributed by atoms with Crippen molar-refractivity contribution in [3.05, 3.63) is 56.2 Å². The van der Waals surface area contributed by atoms with Gasteiger partial charge in [-0.05, 0) is 25.5 Å². The van der Waals surface area contributed by atoms with E-state index in [-0.39, 0.29) is 11.5 Å². The highest BCUT2D eigenvalue weighted by molar-refractivity contribution is 7.18. The van der Waals surface area contributed by atoms with Crippen LogP contribution in [0.5, 0.6) is 0 Å². The van der Waals surface area contributed by atoms with Gasteiger partial charge in [0.05, 0.1) is 5.39 Å². The predicted molar refractivity (Wildman–Crippen MR) is 109 cm³/mol. The molecule has 1 amide bonds. The van der Waals surface area contributed by atoms with Crippen molar-refractivity contribution in [1.82, 2.24) is 30.2 Å². The number of nitrogens with zero attached hydrogens (tertiary/aromatic N) is 4. The Bertz CT molecular complexity index is 1210. The maximum Gasteiger partial charge on any atom is 0.270 e. The molecule has 0 aliphatic heterocycles. The summed E-state index contributed by atoms with van der Waals surface area (Å²) in [7, 11) is 0. The lowest BCUT2D eigenvalue weighted by Crippen LogP contribution is -2.27. The molecule has 0 radical (unpaired) electrons. The fraction of sp³-hybridized carbons (Fsp3) is 0.222. The minimum absolute atomic E-state index is 0.139. The van der Waals surface area contributed by atoms with Gasteiger partial charge in [0, 0.05) is 35.6 Å². The van der Waals surface area contributed by atoms with Crippen LogP contribution in [0.1, 0.15) is 26.8 Å². The molecule has 4 aromatic heterocycles. The lowest BCUT2D eigenvalue weighted by atomic mass is 10.2. The molecule has 0 saturated heterocycles. The second kappa shape index (κ2) is 7.56. The fourth-order valence-electron chi connectivity index (χ4n) is 2.69. The number of rotatable bonds is 5. The van der Waals surface area contributed by atoms with Gasteiger partial charge >= 0.3 is 0 Å². The predicted octanol–water partition coefficient (Wildman–Crippen LogP) is 2.49. The fourth-order valence-corrected chi connectivity index (χ4v) is 4.49. The number of thiazole rings is 1. The third-order valence-electron chi connectivity index (χ3n) is 4.23. The monoisotopic (exact) mass is 412 g/mol. The Hall–Kier alpha value is -2.98. The number of hydrogen-bond donors (Lipinski definition) is 2. The molecule has 10 heteroatoms. The maximum atomic E-state index is 12.3. The van der Waals surface area contributed by atoms with Crippen molar-refractivity contribution in [2.24, 2.45) is 0 Å². The van der Waals surface area contributed by atoms with Crippen molar-refractivity contribution >= 4 is 38.8 Å². The number of fused-ring (bicyclic) bond motifs is 1. The molecule has 4 aromatic rings. The van der Waals surface area contributed by atoms with E-state index in [1.165, 1.54) is 22.7 Å². The molecule has 4 rings (SSSR count). The Morgan fingerprint density at radius 1 is 1.21 bits per heavy atom. The quantitative estimate of drug-likeness (QED) is 0.521. The summed E-state index contributed by atoms with van der Waals surface area (Å²) >= 11 is 2.82. The smallest absolute Gasteiger partial charge is 0.270 e. The average Bonchev–Trinajstić information content (AvgIpc) is 3.28. The SMILES string of the molecule is Cc1sc2nc(CCNC(=O)c3csc(-c4ncccn4)n3)[nH]c(=O)c2c1C. The lowest BCUT2D eigenvalue weighted by Gasteiger charge is -2.03. The van der Waals surface area contributed by atoms with Crippen LogP contribution in [0, 0.1) is 13.8 Å². The van der Waals surface area contributed by atoms with Crippen LogP contribution in [0.3, 0.4) is 0 Å². The first-order chi connectivity index (χ1) is 13.5. The average molecular weight is 413 g/mol. The van der Waals surface area contributed by atoms with Gasteiger partial charge in [0.15, 0.2) is 10.8 Å². The van der Waals surface area contributed by atoms with Crippen LogP contribution in [0.2, 0.25) is 0 Å². The molecular weight excluding hydrogens is 396 g/mol. The Labute approximate surface area is 167 Å². The van der Waals surface area contributed by atoms with Crippen molar-refractivity contribution < 1.29 is 4.79 Å². The van der Waals surface area contributed by atoms with Gasteiger partial charge in [0.1, 0.15) is 16.3 Å². The molecule has 0 spiro atoms. The van der Waals surface area contributed by atoms with Gasteiger partial charge in [-0.15, -0.1) is 22.7 Å². The summed E-state index contributed by atoms with van der Waals surface area (Å²) < 4.78 is 0. The van der Waals surface area contributed by atoms with E-state index in [0.717, 1.165) is 15.3 Å². The Morgan fingerprint density at radius 3 is 2.79 bits per heavy atom. The van der Waals surface area contributed by atoms with Gasteiger partial charge in [-0.3, -0.25) is 9.59 Å². The van der Waals surface area contributed by atoms with Crippen LogP contribution >= 0.6 is 22.7 Å². The molecular formula is C18H16N6O2S2. The number of H-pyrrole nitrogens is 1. The summed E-state index contributed by atoms with van der Waals surface area (Å²) in [6, 6.07) is 1.72. The molecule has 0 fully saturated rings. The Balaban J connectivity index is 1.41.